The third kappa shape index (κ3) is 5.95. The second kappa shape index (κ2) is 11.2. The van der Waals surface area contributed by atoms with E-state index in [2.05, 4.69) is 48.4 Å². The quantitative estimate of drug-likeness (QED) is 0.413. The topological polar surface area (TPSA) is 93.4 Å². The summed E-state index contributed by atoms with van der Waals surface area (Å²) in [5.74, 6) is 2.37. The molecule has 3 aromatic rings. The Morgan fingerprint density at radius 1 is 1.14 bits per heavy atom. The highest BCUT2D eigenvalue weighted by molar-refractivity contribution is 5.90. The van der Waals surface area contributed by atoms with Crippen LogP contribution in [0, 0.1) is 19.8 Å². The van der Waals surface area contributed by atoms with Gasteiger partial charge in [0.2, 0.25) is 5.91 Å². The molecule has 0 radical (unpaired) electrons. The van der Waals surface area contributed by atoms with Crippen LogP contribution in [0.15, 0.2) is 36.4 Å². The smallest absolute Gasteiger partial charge is 0.225 e. The lowest BCUT2D eigenvalue weighted by Crippen LogP contribution is -2.36. The van der Waals surface area contributed by atoms with E-state index in [9.17, 15) is 4.79 Å². The summed E-state index contributed by atoms with van der Waals surface area (Å²) in [7, 11) is 3.54. The van der Waals surface area contributed by atoms with Gasteiger partial charge in [-0.05, 0) is 93.3 Å². The molecule has 1 fully saturated rings. The van der Waals surface area contributed by atoms with Gasteiger partial charge < -0.3 is 20.7 Å². The predicted molar refractivity (Wildman–Crippen MR) is 146 cm³/mol. The van der Waals surface area contributed by atoms with E-state index in [4.69, 9.17) is 15.5 Å². The molecule has 1 amide bonds. The van der Waals surface area contributed by atoms with Crippen LogP contribution in [0.2, 0.25) is 0 Å². The molecular weight excluding hydrogens is 450 g/mol. The van der Waals surface area contributed by atoms with E-state index in [1.807, 2.05) is 31.0 Å². The number of nitrogen functional groups attached to an aromatic ring is 1. The lowest BCUT2D eigenvalue weighted by molar-refractivity contribution is -0.135. The minimum Gasteiger partial charge on any atom is -0.399 e. The van der Waals surface area contributed by atoms with E-state index in [1.165, 1.54) is 5.56 Å². The van der Waals surface area contributed by atoms with Crippen LogP contribution < -0.4 is 11.1 Å². The van der Waals surface area contributed by atoms with E-state index in [0.717, 1.165) is 65.0 Å². The van der Waals surface area contributed by atoms with E-state index in [1.54, 1.807) is 7.11 Å². The zero-order valence-corrected chi connectivity index (χ0v) is 22.2. The number of hydrogen-bond acceptors (Lipinski definition) is 6. The summed E-state index contributed by atoms with van der Waals surface area (Å²) in [5.41, 5.74) is 11.4. The van der Waals surface area contributed by atoms with Crippen LogP contribution in [0.25, 0.3) is 10.9 Å². The number of carbonyl (C=O) groups is 1. The Labute approximate surface area is 214 Å². The van der Waals surface area contributed by atoms with Crippen LogP contribution >= 0.6 is 0 Å². The molecule has 1 aromatic heterocycles. The van der Waals surface area contributed by atoms with E-state index in [-0.39, 0.29) is 17.9 Å². The number of ether oxygens (including phenoxy) is 1. The molecule has 0 bridgehead atoms. The van der Waals surface area contributed by atoms with Crippen molar-refractivity contribution in [3.05, 3.63) is 58.9 Å². The Morgan fingerprint density at radius 2 is 1.89 bits per heavy atom. The van der Waals surface area contributed by atoms with Crippen molar-refractivity contribution in [1.29, 1.82) is 0 Å². The Bertz CT molecular complexity index is 1200. The first-order chi connectivity index (χ1) is 17.2. The molecule has 1 aliphatic carbocycles. The summed E-state index contributed by atoms with van der Waals surface area (Å²) in [4.78, 5) is 24.1. The van der Waals surface area contributed by atoms with Crippen molar-refractivity contribution in [2.24, 2.45) is 5.92 Å². The molecule has 1 heterocycles. The van der Waals surface area contributed by atoms with Crippen LogP contribution in [0.3, 0.4) is 0 Å². The Hall–Kier alpha value is -3.19. The average molecular weight is 490 g/mol. The maximum Gasteiger partial charge on any atom is 0.225 e. The summed E-state index contributed by atoms with van der Waals surface area (Å²) >= 11 is 0. The normalized spacial score (nSPS) is 18.7. The molecule has 7 nitrogen and oxygen atoms in total. The number of nitrogens with one attached hydrogen (secondary N) is 1. The lowest BCUT2D eigenvalue weighted by atomic mass is 9.78. The number of fused-ring (bicyclic) bond motifs is 1. The SMILES string of the molecule is COCCN(C)C(=O)C1CCC(c2ccc3nc(C)nc(N[C@H](C)c4cc(C)cc(N)c4)c3c2)CC1. The van der Waals surface area contributed by atoms with Crippen molar-refractivity contribution >= 4 is 28.3 Å². The molecule has 4 rings (SSSR count). The Morgan fingerprint density at radius 3 is 2.58 bits per heavy atom. The molecule has 0 unspecified atom stereocenters. The van der Waals surface area contributed by atoms with Crippen molar-refractivity contribution in [1.82, 2.24) is 14.9 Å². The number of nitrogens with two attached hydrogens (primary N) is 1. The van der Waals surface area contributed by atoms with Gasteiger partial charge in [-0.1, -0.05) is 12.1 Å². The van der Waals surface area contributed by atoms with Crippen LogP contribution in [0.5, 0.6) is 0 Å². The minimum absolute atomic E-state index is 0.0462. The van der Waals surface area contributed by atoms with Crippen molar-refractivity contribution in [3.8, 4) is 0 Å². The van der Waals surface area contributed by atoms with Gasteiger partial charge in [-0.25, -0.2) is 9.97 Å². The molecule has 36 heavy (non-hydrogen) atoms. The molecule has 1 aliphatic rings. The second-order valence-corrected chi connectivity index (χ2v) is 10.2. The summed E-state index contributed by atoms with van der Waals surface area (Å²) in [6.07, 6.45) is 3.85. The van der Waals surface area contributed by atoms with Crippen LogP contribution in [-0.2, 0) is 9.53 Å². The Kier molecular flexibility index (Phi) is 8.09. The van der Waals surface area contributed by atoms with Gasteiger partial charge >= 0.3 is 0 Å². The van der Waals surface area contributed by atoms with Crippen LogP contribution in [0.4, 0.5) is 11.5 Å². The number of likely N-dealkylation sites (N-methyl/N-ethyl adjacent to an activating group) is 1. The minimum atomic E-state index is 0.0462. The van der Waals surface area contributed by atoms with Crippen molar-refractivity contribution in [3.63, 3.8) is 0 Å². The number of hydrogen-bond donors (Lipinski definition) is 2. The summed E-state index contributed by atoms with van der Waals surface area (Å²) in [6, 6.07) is 12.7. The van der Waals surface area contributed by atoms with Gasteiger partial charge in [0.25, 0.3) is 0 Å². The fourth-order valence-electron chi connectivity index (χ4n) is 5.33. The summed E-state index contributed by atoms with van der Waals surface area (Å²) < 4.78 is 5.12. The number of benzene rings is 2. The predicted octanol–water partition coefficient (Wildman–Crippen LogP) is 5.38. The van der Waals surface area contributed by atoms with Gasteiger partial charge in [-0.2, -0.15) is 0 Å². The molecule has 7 heteroatoms. The van der Waals surface area contributed by atoms with E-state index < -0.39 is 0 Å². The number of rotatable bonds is 8. The maximum absolute atomic E-state index is 12.8. The number of aryl methyl sites for hydroxylation is 2. The number of anilines is 2. The van der Waals surface area contributed by atoms with Gasteiger partial charge in [0.15, 0.2) is 0 Å². The van der Waals surface area contributed by atoms with Crippen molar-refractivity contribution < 1.29 is 9.53 Å². The third-order valence-electron chi connectivity index (χ3n) is 7.36. The van der Waals surface area contributed by atoms with E-state index in [0.29, 0.717) is 19.1 Å². The monoisotopic (exact) mass is 489 g/mol. The molecule has 0 saturated heterocycles. The van der Waals surface area contributed by atoms with Gasteiger partial charge in [0.1, 0.15) is 11.6 Å². The first kappa shape index (κ1) is 25.9. The molecule has 1 saturated carbocycles. The maximum atomic E-state index is 12.8. The van der Waals surface area contributed by atoms with Crippen LogP contribution in [0.1, 0.15) is 67.1 Å². The highest BCUT2D eigenvalue weighted by atomic mass is 16.5. The molecule has 192 valence electrons. The lowest BCUT2D eigenvalue weighted by Gasteiger charge is -2.31. The molecule has 3 N–H and O–H groups in total. The van der Waals surface area contributed by atoms with Gasteiger partial charge in [0.05, 0.1) is 18.2 Å². The second-order valence-electron chi connectivity index (χ2n) is 10.2. The largest absolute Gasteiger partial charge is 0.399 e. The third-order valence-corrected chi connectivity index (χ3v) is 7.36. The van der Waals surface area contributed by atoms with Crippen molar-refractivity contribution in [2.75, 3.05) is 38.4 Å². The fraction of sp³-hybridized carbons (Fsp3) is 0.483. The van der Waals surface area contributed by atoms with Gasteiger partial charge in [-0.3, -0.25) is 4.79 Å². The van der Waals surface area contributed by atoms with Crippen molar-refractivity contribution in [2.45, 2.75) is 58.4 Å². The first-order valence-corrected chi connectivity index (χ1v) is 12.9. The number of methoxy groups -OCH3 is 1. The Balaban J connectivity index is 1.51. The number of amides is 1. The molecule has 0 aliphatic heterocycles. The number of nitrogens with zero attached hydrogens (tertiary/aromatic N) is 3. The summed E-state index contributed by atoms with van der Waals surface area (Å²) in [6.45, 7) is 7.33. The van der Waals surface area contributed by atoms with E-state index >= 15 is 0 Å². The number of aromatic nitrogens is 2. The fourth-order valence-corrected chi connectivity index (χ4v) is 5.33. The standard InChI is InChI=1S/C29H39N5O2/c1-18-14-24(16-25(30)15-18)19(2)31-28-26-17-23(10-11-27(26)32-20(3)33-28)21-6-8-22(9-7-21)29(35)34(4)12-13-36-5/h10-11,14-17,19,21-22H,6-9,12-13,30H2,1-5H3,(H,31,32,33)/t19-,21?,22?/m1/s1. The molecule has 0 spiro atoms. The molecule has 2 aromatic carbocycles. The average Bonchev–Trinajstić information content (AvgIpc) is 2.86. The first-order valence-electron chi connectivity index (χ1n) is 12.9. The zero-order valence-electron chi connectivity index (χ0n) is 22.2. The molecule has 1 atom stereocenters. The molecular formula is C29H39N5O2. The van der Waals surface area contributed by atoms with Crippen LogP contribution in [-0.4, -0.2) is 48.1 Å². The highest BCUT2D eigenvalue weighted by Crippen LogP contribution is 2.38. The summed E-state index contributed by atoms with van der Waals surface area (Å²) in [5, 5.41) is 4.64. The van der Waals surface area contributed by atoms with Gasteiger partial charge in [-0.15, -0.1) is 0 Å². The highest BCUT2D eigenvalue weighted by Gasteiger charge is 2.29. The zero-order chi connectivity index (χ0) is 25.8. The van der Waals surface area contributed by atoms with Gasteiger partial charge in [0, 0.05) is 37.7 Å². The number of carbonyl (C=O) groups excluding carboxylic acids is 1.